The Morgan fingerprint density at radius 1 is 1.26 bits per heavy atom. The summed E-state index contributed by atoms with van der Waals surface area (Å²) in [6, 6.07) is 12.7. The van der Waals surface area contributed by atoms with E-state index in [0.717, 1.165) is 29.1 Å². The first kappa shape index (κ1) is 19.5. The van der Waals surface area contributed by atoms with Gasteiger partial charge in [0.1, 0.15) is 0 Å². The van der Waals surface area contributed by atoms with Crippen molar-refractivity contribution in [2.24, 2.45) is 0 Å². The number of thioether (sulfide) groups is 1. The van der Waals surface area contributed by atoms with Gasteiger partial charge in [0.25, 0.3) is 0 Å². The minimum absolute atomic E-state index is 0.0112. The van der Waals surface area contributed by atoms with Gasteiger partial charge in [-0.2, -0.15) is 0 Å². The topological polar surface area (TPSA) is 51.2 Å². The number of amides is 1. The van der Waals surface area contributed by atoms with Crippen LogP contribution in [-0.4, -0.2) is 30.8 Å². The third-order valence-electron chi connectivity index (χ3n) is 4.64. The molecule has 3 rings (SSSR count). The Labute approximate surface area is 165 Å². The van der Waals surface area contributed by atoms with E-state index in [-0.39, 0.29) is 5.91 Å². The average molecular weight is 383 g/mol. The van der Waals surface area contributed by atoms with Gasteiger partial charge in [0.2, 0.25) is 11.8 Å². The molecule has 142 valence electrons. The molecule has 1 fully saturated rings. The number of carbonyl (C=O) groups is 1. The van der Waals surface area contributed by atoms with E-state index in [2.05, 4.69) is 54.0 Å². The molecule has 0 aliphatic heterocycles. The van der Waals surface area contributed by atoms with Crippen LogP contribution in [-0.2, 0) is 4.79 Å². The monoisotopic (exact) mass is 382 g/mol. The quantitative estimate of drug-likeness (QED) is 0.533. The third kappa shape index (κ3) is 5.13. The zero-order chi connectivity index (χ0) is 19.2. The molecule has 1 aromatic heterocycles. The number of ether oxygens (including phenoxy) is 1. The highest BCUT2D eigenvalue weighted by Crippen LogP contribution is 2.44. The van der Waals surface area contributed by atoms with Gasteiger partial charge in [-0.25, -0.2) is 4.98 Å². The highest BCUT2D eigenvalue weighted by Gasteiger charge is 2.27. The number of nitrogens with zero attached hydrogens (tertiary/aromatic N) is 1. The number of rotatable bonds is 8. The summed E-state index contributed by atoms with van der Waals surface area (Å²) in [6.45, 7) is 2.15. The zero-order valence-corrected chi connectivity index (χ0v) is 16.9. The van der Waals surface area contributed by atoms with Gasteiger partial charge in [-0.3, -0.25) is 4.79 Å². The van der Waals surface area contributed by atoms with Crippen LogP contribution < -0.4 is 10.1 Å². The molecule has 1 amide bonds. The fourth-order valence-electron chi connectivity index (χ4n) is 3.08. The number of nitrogens with one attached hydrogen (secondary N) is 1. The standard InChI is InChI=1S/C22H26N2O2S/c1-15(25)23-14-4-5-19(16-8-10-18(27-3)11-9-16)21-13-12-20(17-6-7-17)22(24-21)26-2/h5,8-13,17H,4,6-7,14H2,1-3H3,(H,23,25)/b19-5+. The molecule has 0 unspecified atom stereocenters. The molecule has 4 nitrogen and oxygen atoms in total. The SMILES string of the molecule is COc1nc(/C(=C/CCNC(C)=O)c2ccc(SC)cc2)ccc1C1CC1. The van der Waals surface area contributed by atoms with E-state index in [1.165, 1.54) is 30.2 Å². The van der Waals surface area contributed by atoms with Crippen molar-refractivity contribution in [3.63, 3.8) is 0 Å². The lowest BCUT2D eigenvalue weighted by atomic mass is 10.00. The predicted octanol–water partition coefficient (Wildman–Crippen LogP) is 4.65. The second-order valence-electron chi connectivity index (χ2n) is 6.69. The summed E-state index contributed by atoms with van der Waals surface area (Å²) in [4.78, 5) is 17.2. The van der Waals surface area contributed by atoms with Crippen LogP contribution in [0.15, 0.2) is 47.4 Å². The van der Waals surface area contributed by atoms with Crippen molar-refractivity contribution < 1.29 is 9.53 Å². The summed E-state index contributed by atoms with van der Waals surface area (Å²) in [7, 11) is 1.69. The van der Waals surface area contributed by atoms with Gasteiger partial charge >= 0.3 is 0 Å². The molecule has 0 saturated heterocycles. The van der Waals surface area contributed by atoms with Crippen LogP contribution in [0.25, 0.3) is 5.57 Å². The summed E-state index contributed by atoms with van der Waals surface area (Å²) < 4.78 is 5.57. The molecule has 1 saturated carbocycles. The largest absolute Gasteiger partial charge is 0.481 e. The van der Waals surface area contributed by atoms with Crippen LogP contribution in [0.2, 0.25) is 0 Å². The molecule has 0 bridgehead atoms. The molecule has 2 aromatic rings. The van der Waals surface area contributed by atoms with Crippen molar-refractivity contribution in [2.45, 2.75) is 37.0 Å². The van der Waals surface area contributed by atoms with Crippen LogP contribution in [0.4, 0.5) is 0 Å². The van der Waals surface area contributed by atoms with E-state index in [4.69, 9.17) is 9.72 Å². The fraction of sp³-hybridized carbons (Fsp3) is 0.364. The first-order chi connectivity index (χ1) is 13.1. The lowest BCUT2D eigenvalue weighted by molar-refractivity contribution is -0.118. The van der Waals surface area contributed by atoms with Gasteiger partial charge in [-0.15, -0.1) is 11.8 Å². The summed E-state index contributed by atoms with van der Waals surface area (Å²) in [5, 5.41) is 2.84. The number of pyridine rings is 1. The molecule has 27 heavy (non-hydrogen) atoms. The van der Waals surface area contributed by atoms with E-state index >= 15 is 0 Å². The summed E-state index contributed by atoms with van der Waals surface area (Å²) >= 11 is 1.73. The molecule has 0 atom stereocenters. The molecule has 0 radical (unpaired) electrons. The Balaban J connectivity index is 1.92. The van der Waals surface area contributed by atoms with Gasteiger partial charge in [-0.1, -0.05) is 24.3 Å². The molecular formula is C22H26N2O2S. The Hall–Kier alpha value is -2.27. The van der Waals surface area contributed by atoms with Crippen molar-refractivity contribution >= 4 is 23.2 Å². The molecule has 1 aliphatic rings. The van der Waals surface area contributed by atoms with Crippen LogP contribution in [0.5, 0.6) is 5.88 Å². The maximum Gasteiger partial charge on any atom is 0.217 e. The van der Waals surface area contributed by atoms with Crippen molar-refractivity contribution in [3.05, 3.63) is 59.3 Å². The van der Waals surface area contributed by atoms with E-state index < -0.39 is 0 Å². The van der Waals surface area contributed by atoms with Crippen LogP contribution >= 0.6 is 11.8 Å². The molecule has 1 aliphatic carbocycles. The second kappa shape index (κ2) is 9.09. The van der Waals surface area contributed by atoms with Crippen LogP contribution in [0, 0.1) is 0 Å². The summed E-state index contributed by atoms with van der Waals surface area (Å²) in [6.07, 6.45) is 7.39. The highest BCUT2D eigenvalue weighted by atomic mass is 32.2. The maximum absolute atomic E-state index is 11.1. The lowest BCUT2D eigenvalue weighted by Crippen LogP contribution is -2.20. The van der Waals surface area contributed by atoms with Gasteiger partial charge in [0.05, 0.1) is 12.8 Å². The minimum atomic E-state index is -0.0112. The Kier molecular flexibility index (Phi) is 6.56. The van der Waals surface area contributed by atoms with Crippen molar-refractivity contribution in [1.29, 1.82) is 0 Å². The van der Waals surface area contributed by atoms with Gasteiger partial charge in [0, 0.05) is 29.5 Å². The number of carbonyl (C=O) groups excluding carboxylic acids is 1. The normalized spacial score (nSPS) is 14.1. The van der Waals surface area contributed by atoms with Gasteiger partial charge < -0.3 is 10.1 Å². The van der Waals surface area contributed by atoms with Gasteiger partial charge in [-0.05, 0) is 55.2 Å². The molecule has 1 aromatic carbocycles. The number of aromatic nitrogens is 1. The molecule has 5 heteroatoms. The molecular weight excluding hydrogens is 356 g/mol. The predicted molar refractivity (Wildman–Crippen MR) is 111 cm³/mol. The zero-order valence-electron chi connectivity index (χ0n) is 16.1. The lowest BCUT2D eigenvalue weighted by Gasteiger charge is -2.13. The molecule has 0 spiro atoms. The number of methoxy groups -OCH3 is 1. The van der Waals surface area contributed by atoms with Gasteiger partial charge in [0.15, 0.2) is 0 Å². The Bertz CT molecular complexity index is 827. The Morgan fingerprint density at radius 2 is 2.00 bits per heavy atom. The number of hydrogen-bond acceptors (Lipinski definition) is 4. The van der Waals surface area contributed by atoms with Crippen molar-refractivity contribution in [2.75, 3.05) is 19.9 Å². The van der Waals surface area contributed by atoms with Crippen LogP contribution in [0.3, 0.4) is 0 Å². The smallest absolute Gasteiger partial charge is 0.217 e. The summed E-state index contributed by atoms with van der Waals surface area (Å²) in [5.74, 6) is 1.31. The first-order valence-corrected chi connectivity index (χ1v) is 10.5. The fourth-order valence-corrected chi connectivity index (χ4v) is 3.48. The molecule has 1 N–H and O–H groups in total. The second-order valence-corrected chi connectivity index (χ2v) is 7.57. The van der Waals surface area contributed by atoms with E-state index in [9.17, 15) is 4.79 Å². The van der Waals surface area contributed by atoms with E-state index in [1.807, 2.05) is 0 Å². The van der Waals surface area contributed by atoms with E-state index in [0.29, 0.717) is 12.5 Å². The van der Waals surface area contributed by atoms with Crippen molar-refractivity contribution in [1.82, 2.24) is 10.3 Å². The highest BCUT2D eigenvalue weighted by molar-refractivity contribution is 7.98. The third-order valence-corrected chi connectivity index (χ3v) is 5.39. The molecule has 1 heterocycles. The number of hydrogen-bond donors (Lipinski definition) is 1. The maximum atomic E-state index is 11.1. The van der Waals surface area contributed by atoms with Crippen molar-refractivity contribution in [3.8, 4) is 5.88 Å². The van der Waals surface area contributed by atoms with E-state index in [1.54, 1.807) is 18.9 Å². The number of benzene rings is 1. The first-order valence-electron chi connectivity index (χ1n) is 9.26. The summed E-state index contributed by atoms with van der Waals surface area (Å²) in [5.41, 5.74) is 4.28. The average Bonchev–Trinajstić information content (AvgIpc) is 3.53. The Morgan fingerprint density at radius 3 is 2.59 bits per heavy atom. The van der Waals surface area contributed by atoms with Crippen LogP contribution in [0.1, 0.15) is 48.9 Å². The minimum Gasteiger partial charge on any atom is -0.481 e.